The molecule has 0 saturated carbocycles. The van der Waals surface area contributed by atoms with Gasteiger partial charge < -0.3 is 4.74 Å². The van der Waals surface area contributed by atoms with Gasteiger partial charge in [0.2, 0.25) is 0 Å². The van der Waals surface area contributed by atoms with Crippen LogP contribution in [0.25, 0.3) is 10.4 Å². The van der Waals surface area contributed by atoms with E-state index in [1.54, 1.807) is 0 Å². The number of rotatable bonds is 5. The topological polar surface area (TPSA) is 58.0 Å². The Bertz CT molecular complexity index is 395. The summed E-state index contributed by atoms with van der Waals surface area (Å²) in [6.07, 6.45) is 0. The molecule has 0 bridgehead atoms. The summed E-state index contributed by atoms with van der Waals surface area (Å²) >= 11 is 0. The molecule has 0 N–H and O–H groups in total. The summed E-state index contributed by atoms with van der Waals surface area (Å²) in [6.45, 7) is 7.42. The first-order chi connectivity index (χ1) is 7.61. The van der Waals surface area contributed by atoms with Crippen molar-refractivity contribution in [3.63, 3.8) is 0 Å². The Morgan fingerprint density at radius 2 is 2.06 bits per heavy atom. The molecule has 0 amide bonds. The third-order valence-electron chi connectivity index (χ3n) is 2.45. The molecule has 16 heavy (non-hydrogen) atoms. The fraction of sp³-hybridized carbons (Fsp3) is 0.500. The molecule has 0 radical (unpaired) electrons. The molecule has 1 aromatic carbocycles. The summed E-state index contributed by atoms with van der Waals surface area (Å²) < 4.78 is 5.45. The second-order valence-corrected chi connectivity index (χ2v) is 4.23. The van der Waals surface area contributed by atoms with Crippen LogP contribution in [0, 0.1) is 0 Å². The highest BCUT2D eigenvalue weighted by Crippen LogP contribution is 2.32. The standard InChI is InChI=1S/C12H17N3O/c1-4-16-9-12(2,3)10-7-5-6-8-11(10)14-15-13/h5-8H,4,9H2,1-3H3. The quantitative estimate of drug-likeness (QED) is 0.420. The lowest BCUT2D eigenvalue weighted by Gasteiger charge is -2.26. The molecule has 4 heteroatoms. The summed E-state index contributed by atoms with van der Waals surface area (Å²) in [5, 5.41) is 3.71. The number of azide groups is 1. The van der Waals surface area contributed by atoms with Crippen LogP contribution in [0.1, 0.15) is 26.3 Å². The predicted molar refractivity (Wildman–Crippen MR) is 64.8 cm³/mol. The van der Waals surface area contributed by atoms with Gasteiger partial charge in [-0.25, -0.2) is 0 Å². The molecule has 0 aliphatic rings. The molecular formula is C12H17N3O. The zero-order valence-electron chi connectivity index (χ0n) is 9.97. The van der Waals surface area contributed by atoms with Crippen LogP contribution in [-0.4, -0.2) is 13.2 Å². The monoisotopic (exact) mass is 219 g/mol. The van der Waals surface area contributed by atoms with Crippen LogP contribution in [0.15, 0.2) is 29.4 Å². The lowest BCUT2D eigenvalue weighted by molar-refractivity contribution is 0.106. The third kappa shape index (κ3) is 2.99. The van der Waals surface area contributed by atoms with Gasteiger partial charge >= 0.3 is 0 Å². The molecule has 0 spiro atoms. The third-order valence-corrected chi connectivity index (χ3v) is 2.45. The molecule has 0 saturated heterocycles. The molecule has 0 fully saturated rings. The van der Waals surface area contributed by atoms with E-state index in [4.69, 9.17) is 10.3 Å². The first-order valence-electron chi connectivity index (χ1n) is 5.34. The van der Waals surface area contributed by atoms with Crippen molar-refractivity contribution in [2.24, 2.45) is 5.11 Å². The van der Waals surface area contributed by atoms with Gasteiger partial charge in [-0.15, -0.1) is 0 Å². The number of hydrogen-bond donors (Lipinski definition) is 0. The highest BCUT2D eigenvalue weighted by Gasteiger charge is 2.23. The SMILES string of the molecule is CCOCC(C)(C)c1ccccc1N=[N+]=[N-]. The highest BCUT2D eigenvalue weighted by molar-refractivity contribution is 5.49. The van der Waals surface area contributed by atoms with Gasteiger partial charge in [0, 0.05) is 22.6 Å². The average Bonchev–Trinajstić information content (AvgIpc) is 2.27. The molecule has 0 aliphatic heterocycles. The lowest BCUT2D eigenvalue weighted by atomic mass is 9.84. The van der Waals surface area contributed by atoms with Gasteiger partial charge in [0.05, 0.1) is 6.61 Å². The second-order valence-electron chi connectivity index (χ2n) is 4.23. The van der Waals surface area contributed by atoms with E-state index in [0.717, 1.165) is 5.56 Å². The number of benzene rings is 1. The van der Waals surface area contributed by atoms with Crippen molar-refractivity contribution in [2.75, 3.05) is 13.2 Å². The molecular weight excluding hydrogens is 202 g/mol. The Morgan fingerprint density at radius 3 is 2.69 bits per heavy atom. The van der Waals surface area contributed by atoms with E-state index in [9.17, 15) is 0 Å². The molecule has 0 atom stereocenters. The van der Waals surface area contributed by atoms with Crippen molar-refractivity contribution in [2.45, 2.75) is 26.2 Å². The van der Waals surface area contributed by atoms with Crippen molar-refractivity contribution in [3.05, 3.63) is 40.3 Å². The van der Waals surface area contributed by atoms with Crippen LogP contribution in [0.3, 0.4) is 0 Å². The molecule has 0 unspecified atom stereocenters. The molecule has 0 aromatic heterocycles. The zero-order valence-corrected chi connectivity index (χ0v) is 9.97. The molecule has 1 rings (SSSR count). The fourth-order valence-electron chi connectivity index (χ4n) is 1.62. The van der Waals surface area contributed by atoms with E-state index >= 15 is 0 Å². The van der Waals surface area contributed by atoms with Crippen LogP contribution < -0.4 is 0 Å². The largest absolute Gasteiger partial charge is 0.381 e. The van der Waals surface area contributed by atoms with Crippen molar-refractivity contribution < 1.29 is 4.74 Å². The number of ether oxygens (including phenoxy) is 1. The minimum Gasteiger partial charge on any atom is -0.381 e. The lowest BCUT2D eigenvalue weighted by Crippen LogP contribution is -2.24. The second kappa shape index (κ2) is 5.54. The van der Waals surface area contributed by atoms with E-state index < -0.39 is 0 Å². The maximum absolute atomic E-state index is 8.51. The highest BCUT2D eigenvalue weighted by atomic mass is 16.5. The van der Waals surface area contributed by atoms with Crippen molar-refractivity contribution in [3.8, 4) is 0 Å². The van der Waals surface area contributed by atoms with Gasteiger partial charge in [0.25, 0.3) is 0 Å². The predicted octanol–water partition coefficient (Wildman–Crippen LogP) is 3.94. The summed E-state index contributed by atoms with van der Waals surface area (Å²) in [4.78, 5) is 2.84. The minimum absolute atomic E-state index is 0.152. The first kappa shape index (κ1) is 12.6. The van der Waals surface area contributed by atoms with Crippen LogP contribution in [0.2, 0.25) is 0 Å². The Hall–Kier alpha value is -1.51. The van der Waals surface area contributed by atoms with E-state index in [-0.39, 0.29) is 5.41 Å². The summed E-state index contributed by atoms with van der Waals surface area (Å²) in [5.74, 6) is 0. The smallest absolute Gasteiger partial charge is 0.0557 e. The van der Waals surface area contributed by atoms with E-state index in [1.807, 2.05) is 31.2 Å². The number of hydrogen-bond acceptors (Lipinski definition) is 2. The average molecular weight is 219 g/mol. The summed E-state index contributed by atoms with van der Waals surface area (Å²) in [6, 6.07) is 7.61. The van der Waals surface area contributed by atoms with Gasteiger partial charge in [-0.2, -0.15) is 0 Å². The first-order valence-corrected chi connectivity index (χ1v) is 5.34. The summed E-state index contributed by atoms with van der Waals surface area (Å²) in [5.41, 5.74) is 10.1. The van der Waals surface area contributed by atoms with Gasteiger partial charge in [-0.05, 0) is 18.0 Å². The molecule has 0 heterocycles. The van der Waals surface area contributed by atoms with Crippen molar-refractivity contribution in [1.82, 2.24) is 0 Å². The number of nitrogens with zero attached hydrogens (tertiary/aromatic N) is 3. The van der Waals surface area contributed by atoms with Crippen LogP contribution in [0.4, 0.5) is 5.69 Å². The van der Waals surface area contributed by atoms with Crippen molar-refractivity contribution in [1.29, 1.82) is 0 Å². The minimum atomic E-state index is -0.152. The maximum Gasteiger partial charge on any atom is 0.0557 e. The molecule has 4 nitrogen and oxygen atoms in total. The molecule has 86 valence electrons. The van der Waals surface area contributed by atoms with Gasteiger partial charge in [-0.3, -0.25) is 0 Å². The van der Waals surface area contributed by atoms with E-state index in [1.165, 1.54) is 0 Å². The Labute approximate surface area is 95.9 Å². The van der Waals surface area contributed by atoms with Gasteiger partial charge in [-0.1, -0.05) is 43.2 Å². The van der Waals surface area contributed by atoms with Crippen molar-refractivity contribution >= 4 is 5.69 Å². The normalized spacial score (nSPS) is 10.9. The van der Waals surface area contributed by atoms with Crippen LogP contribution in [0.5, 0.6) is 0 Å². The molecule has 1 aromatic rings. The van der Waals surface area contributed by atoms with Crippen LogP contribution >= 0.6 is 0 Å². The Kier molecular flexibility index (Phi) is 4.35. The van der Waals surface area contributed by atoms with Gasteiger partial charge in [0.15, 0.2) is 0 Å². The van der Waals surface area contributed by atoms with E-state index in [2.05, 4.69) is 23.9 Å². The Balaban J connectivity index is 3.05. The van der Waals surface area contributed by atoms with Crippen LogP contribution in [-0.2, 0) is 10.2 Å². The van der Waals surface area contributed by atoms with Gasteiger partial charge in [0.1, 0.15) is 0 Å². The fourth-order valence-corrected chi connectivity index (χ4v) is 1.62. The van der Waals surface area contributed by atoms with E-state index in [0.29, 0.717) is 18.9 Å². The zero-order chi connectivity index (χ0) is 12.0. The molecule has 0 aliphatic carbocycles. The Morgan fingerprint density at radius 1 is 1.38 bits per heavy atom. The summed E-state index contributed by atoms with van der Waals surface area (Å²) in [7, 11) is 0. The maximum atomic E-state index is 8.51.